The van der Waals surface area contributed by atoms with Gasteiger partial charge in [0, 0.05) is 30.5 Å². The number of halogens is 2. The van der Waals surface area contributed by atoms with Crippen LogP contribution in [0.1, 0.15) is 17.2 Å². The van der Waals surface area contributed by atoms with Gasteiger partial charge in [0.15, 0.2) is 0 Å². The Labute approximate surface area is 257 Å². The number of benzene rings is 3. The Kier molecular flexibility index (Phi) is 9.49. The number of aryl methyl sites for hydroxylation is 2. The number of carbonyl (C=O) groups excluding carboxylic acids is 2. The molecular weight excluding hydrogens is 586 g/mol. The van der Waals surface area contributed by atoms with E-state index in [1.165, 1.54) is 17.0 Å². The molecule has 1 atom stereocenters. The van der Waals surface area contributed by atoms with Gasteiger partial charge in [0.2, 0.25) is 0 Å². The van der Waals surface area contributed by atoms with Crippen molar-refractivity contribution >= 4 is 23.6 Å². The Bertz CT molecular complexity index is 1790. The molecular formula is C32H30F2N6O5. The summed E-state index contributed by atoms with van der Waals surface area (Å²) in [6.45, 7) is 3.67. The van der Waals surface area contributed by atoms with E-state index in [2.05, 4.69) is 15.3 Å². The van der Waals surface area contributed by atoms with Crippen LogP contribution in [0.5, 0.6) is 0 Å². The van der Waals surface area contributed by atoms with E-state index in [0.29, 0.717) is 34.4 Å². The van der Waals surface area contributed by atoms with Crippen molar-refractivity contribution in [3.05, 3.63) is 120 Å². The molecule has 0 radical (unpaired) electrons. The molecule has 2 amide bonds. The zero-order valence-electron chi connectivity index (χ0n) is 24.4. The minimum atomic E-state index is -0.634. The molecule has 0 unspecified atom stereocenters. The summed E-state index contributed by atoms with van der Waals surface area (Å²) in [6.07, 6.45) is 4.74. The van der Waals surface area contributed by atoms with Gasteiger partial charge in [-0.25, -0.2) is 28.3 Å². The van der Waals surface area contributed by atoms with Gasteiger partial charge in [0.25, 0.3) is 0 Å². The van der Waals surface area contributed by atoms with Crippen LogP contribution in [0, 0.1) is 25.5 Å². The van der Waals surface area contributed by atoms with Crippen LogP contribution in [-0.2, 0) is 16.1 Å². The zero-order valence-corrected chi connectivity index (χ0v) is 24.4. The van der Waals surface area contributed by atoms with Crippen molar-refractivity contribution in [2.24, 2.45) is 0 Å². The fourth-order valence-electron chi connectivity index (χ4n) is 4.61. The Balaban J connectivity index is 0.000000179. The van der Waals surface area contributed by atoms with Crippen LogP contribution in [0.15, 0.2) is 91.5 Å². The van der Waals surface area contributed by atoms with Crippen LogP contribution in [0.25, 0.3) is 11.4 Å². The summed E-state index contributed by atoms with van der Waals surface area (Å²) >= 11 is 0. The first kappa shape index (κ1) is 30.9. The van der Waals surface area contributed by atoms with E-state index in [9.17, 15) is 18.4 Å². The lowest BCUT2D eigenvalue weighted by molar-refractivity contribution is 0.0963. The first-order valence-corrected chi connectivity index (χ1v) is 13.9. The summed E-state index contributed by atoms with van der Waals surface area (Å²) in [6, 6.07) is 18.3. The lowest BCUT2D eigenvalue weighted by Crippen LogP contribution is -2.25. The number of carbonyl (C=O) groups is 2. The molecule has 45 heavy (non-hydrogen) atoms. The van der Waals surface area contributed by atoms with Gasteiger partial charge in [0.1, 0.15) is 36.0 Å². The zero-order chi connectivity index (χ0) is 31.9. The lowest BCUT2D eigenvalue weighted by Gasteiger charge is -2.14. The molecule has 11 nitrogen and oxygen atoms in total. The van der Waals surface area contributed by atoms with Crippen molar-refractivity contribution in [1.82, 2.24) is 19.1 Å². The molecule has 5 aromatic rings. The average molecular weight is 617 g/mol. The number of aromatic nitrogens is 4. The number of imidazole rings is 2. The summed E-state index contributed by atoms with van der Waals surface area (Å²) in [4.78, 5) is 32.9. The van der Waals surface area contributed by atoms with Crippen molar-refractivity contribution in [3.63, 3.8) is 0 Å². The molecule has 13 heteroatoms. The van der Waals surface area contributed by atoms with Crippen molar-refractivity contribution < 1.29 is 33.0 Å². The third-order valence-corrected chi connectivity index (χ3v) is 6.90. The summed E-state index contributed by atoms with van der Waals surface area (Å²) in [5.74, 6) is 0.422. The topological polar surface area (TPSA) is 124 Å². The number of nitrogens with one attached hydrogen (secondary N) is 1. The predicted octanol–water partition coefficient (Wildman–Crippen LogP) is 5.71. The van der Waals surface area contributed by atoms with Crippen LogP contribution < -0.4 is 10.2 Å². The van der Waals surface area contributed by atoms with Crippen molar-refractivity contribution in [1.29, 1.82) is 0 Å². The Hall–Kier alpha value is -5.56. The van der Waals surface area contributed by atoms with Gasteiger partial charge in [-0.05, 0) is 55.8 Å². The van der Waals surface area contributed by atoms with Crippen LogP contribution in [0.4, 0.5) is 29.7 Å². The van der Waals surface area contributed by atoms with Gasteiger partial charge in [0.05, 0.1) is 30.2 Å². The Morgan fingerprint density at radius 1 is 0.956 bits per heavy atom. The van der Waals surface area contributed by atoms with E-state index in [1.807, 2.05) is 30.3 Å². The highest BCUT2D eigenvalue weighted by Gasteiger charge is 2.32. The molecule has 0 bridgehead atoms. The smallest absolute Gasteiger partial charge is 0.414 e. The summed E-state index contributed by atoms with van der Waals surface area (Å²) in [7, 11) is 0. The van der Waals surface area contributed by atoms with E-state index in [-0.39, 0.29) is 19.8 Å². The molecule has 1 aliphatic rings. The number of nitrogens with zero attached hydrogens (tertiary/aromatic N) is 5. The molecule has 0 saturated carbocycles. The Morgan fingerprint density at radius 3 is 2.11 bits per heavy atom. The van der Waals surface area contributed by atoms with Crippen LogP contribution in [-0.4, -0.2) is 55.7 Å². The third-order valence-electron chi connectivity index (χ3n) is 6.90. The Morgan fingerprint density at radius 2 is 1.58 bits per heavy atom. The quantitative estimate of drug-likeness (QED) is 0.240. The fourth-order valence-corrected chi connectivity index (χ4v) is 4.61. The number of cyclic esters (lactones) is 1. The number of anilines is 2. The molecule has 6 rings (SSSR count). The summed E-state index contributed by atoms with van der Waals surface area (Å²) in [5, 5.41) is 11.5. The standard InChI is InChI=1S/C18H16FN3O2.C14H14FN3O3/c1-13-20-9-10-22(13)17-8-7-15(11-16(17)19)21-18(23)24-12-14-5-3-2-4-6-14;1-9-16-4-5-17(9)13-3-2-10(6-12(13)15)18-7-11(8-19)21-14(18)20/h2-11H,12H2,1H3,(H,21,23);2-6,11,19H,7-8H2,1H3/t;11-/m.1/s1. The predicted molar refractivity (Wildman–Crippen MR) is 161 cm³/mol. The van der Waals surface area contributed by atoms with Gasteiger partial charge in [-0.3, -0.25) is 10.2 Å². The van der Waals surface area contributed by atoms with Gasteiger partial charge in [-0.15, -0.1) is 0 Å². The number of hydrogen-bond acceptors (Lipinski definition) is 7. The maximum atomic E-state index is 14.3. The second-order valence-corrected chi connectivity index (χ2v) is 9.98. The van der Waals surface area contributed by atoms with Crippen molar-refractivity contribution in [2.75, 3.05) is 23.4 Å². The molecule has 0 aliphatic carbocycles. The maximum Gasteiger partial charge on any atom is 0.414 e. The van der Waals surface area contributed by atoms with Gasteiger partial charge >= 0.3 is 12.2 Å². The van der Waals surface area contributed by atoms with Crippen LogP contribution in [0.2, 0.25) is 0 Å². The molecule has 2 N–H and O–H groups in total. The monoisotopic (exact) mass is 616 g/mol. The summed E-state index contributed by atoms with van der Waals surface area (Å²) in [5.41, 5.74) is 2.33. The first-order valence-electron chi connectivity index (χ1n) is 13.9. The van der Waals surface area contributed by atoms with E-state index < -0.39 is 29.9 Å². The van der Waals surface area contributed by atoms with Gasteiger partial charge in [-0.1, -0.05) is 30.3 Å². The normalized spacial score (nSPS) is 14.0. The minimum Gasteiger partial charge on any atom is -0.444 e. The number of ether oxygens (including phenoxy) is 2. The SMILES string of the molecule is Cc1nccn1-c1ccc(N2C[C@H](CO)OC2=O)cc1F.Cc1nccn1-c1ccc(NC(=O)OCc2ccccc2)cc1F. The highest BCUT2D eigenvalue weighted by Crippen LogP contribution is 2.26. The fraction of sp³-hybridized carbons (Fsp3) is 0.188. The maximum absolute atomic E-state index is 14.3. The summed E-state index contributed by atoms with van der Waals surface area (Å²) < 4.78 is 41.8. The lowest BCUT2D eigenvalue weighted by atomic mass is 10.2. The number of aliphatic hydroxyl groups excluding tert-OH is 1. The second kappa shape index (κ2) is 13.8. The molecule has 1 aliphatic heterocycles. The van der Waals surface area contributed by atoms with Gasteiger partial charge in [-0.2, -0.15) is 0 Å². The van der Waals surface area contributed by atoms with Crippen LogP contribution >= 0.6 is 0 Å². The van der Waals surface area contributed by atoms with Gasteiger partial charge < -0.3 is 23.7 Å². The van der Waals surface area contributed by atoms with E-state index in [4.69, 9.17) is 14.6 Å². The molecule has 2 aromatic heterocycles. The van der Waals surface area contributed by atoms with Crippen molar-refractivity contribution in [2.45, 2.75) is 26.6 Å². The molecule has 3 aromatic carbocycles. The molecule has 0 spiro atoms. The number of rotatable bonds is 7. The largest absolute Gasteiger partial charge is 0.444 e. The minimum absolute atomic E-state index is 0.154. The second-order valence-electron chi connectivity index (χ2n) is 9.98. The molecule has 1 fully saturated rings. The van der Waals surface area contributed by atoms with E-state index in [1.54, 1.807) is 72.0 Å². The van der Waals surface area contributed by atoms with E-state index >= 15 is 0 Å². The number of amides is 2. The third kappa shape index (κ3) is 7.33. The average Bonchev–Trinajstić information content (AvgIpc) is 3.76. The first-order chi connectivity index (χ1) is 21.7. The van der Waals surface area contributed by atoms with E-state index in [0.717, 1.165) is 5.56 Å². The molecule has 3 heterocycles. The molecule has 232 valence electrons. The molecule has 1 saturated heterocycles. The van der Waals surface area contributed by atoms with Crippen molar-refractivity contribution in [3.8, 4) is 11.4 Å². The number of hydrogen-bond donors (Lipinski definition) is 2. The number of aliphatic hydroxyl groups is 1. The van der Waals surface area contributed by atoms with Crippen LogP contribution in [0.3, 0.4) is 0 Å². The highest BCUT2D eigenvalue weighted by atomic mass is 19.1. The highest BCUT2D eigenvalue weighted by molar-refractivity contribution is 5.90.